The van der Waals surface area contributed by atoms with Crippen LogP contribution in [-0.4, -0.2) is 73.0 Å². The van der Waals surface area contributed by atoms with Gasteiger partial charge in [-0.25, -0.2) is 4.79 Å². The first-order valence-corrected chi connectivity index (χ1v) is 14.0. The first kappa shape index (κ1) is 27.8. The standard InChI is InChI=1S/C30H41N5O3/c1-2-17-34(18-6-7-19-35-20-16-31-15-14-28(35)36)27-13-11-23-10-12-26(21-25(23)22-27)32-30(38)33-29(37)24-8-4-3-5-9-24/h3-5,8-10,12,21,27,31H,2,6-7,11,13-20,22H2,1H3,(H2,32,33,37,38). The van der Waals surface area contributed by atoms with Crippen LogP contribution in [0.1, 0.15) is 60.5 Å². The highest BCUT2D eigenvalue weighted by molar-refractivity contribution is 6.07. The minimum absolute atomic E-state index is 0.270. The van der Waals surface area contributed by atoms with Gasteiger partial charge in [0.15, 0.2) is 0 Å². The van der Waals surface area contributed by atoms with Crippen LogP contribution in [0.5, 0.6) is 0 Å². The third-order valence-electron chi connectivity index (χ3n) is 7.51. The van der Waals surface area contributed by atoms with Gasteiger partial charge in [-0.1, -0.05) is 31.2 Å². The maximum atomic E-state index is 12.4. The van der Waals surface area contributed by atoms with Gasteiger partial charge in [-0.2, -0.15) is 0 Å². The number of nitrogens with one attached hydrogen (secondary N) is 3. The highest BCUT2D eigenvalue weighted by atomic mass is 16.2. The minimum Gasteiger partial charge on any atom is -0.341 e. The lowest BCUT2D eigenvalue weighted by Crippen LogP contribution is -2.41. The lowest BCUT2D eigenvalue weighted by atomic mass is 9.87. The topological polar surface area (TPSA) is 93.8 Å². The molecule has 38 heavy (non-hydrogen) atoms. The maximum Gasteiger partial charge on any atom is 0.326 e. The minimum atomic E-state index is -0.530. The summed E-state index contributed by atoms with van der Waals surface area (Å²) in [6, 6.07) is 14.7. The number of aryl methyl sites for hydroxylation is 1. The zero-order chi connectivity index (χ0) is 26.7. The summed E-state index contributed by atoms with van der Waals surface area (Å²) < 4.78 is 0. The quantitative estimate of drug-likeness (QED) is 0.415. The van der Waals surface area contributed by atoms with Crippen molar-refractivity contribution in [1.82, 2.24) is 20.4 Å². The molecule has 1 fully saturated rings. The van der Waals surface area contributed by atoms with Gasteiger partial charge in [0.05, 0.1) is 0 Å². The van der Waals surface area contributed by atoms with Crippen LogP contribution in [-0.2, 0) is 17.6 Å². The zero-order valence-corrected chi connectivity index (χ0v) is 22.5. The lowest BCUT2D eigenvalue weighted by Gasteiger charge is -2.35. The smallest absolute Gasteiger partial charge is 0.326 e. The molecule has 0 bridgehead atoms. The predicted octanol–water partition coefficient (Wildman–Crippen LogP) is 3.82. The number of fused-ring (bicyclic) bond motifs is 1. The summed E-state index contributed by atoms with van der Waals surface area (Å²) in [5.74, 6) is -0.153. The molecule has 1 unspecified atom stereocenters. The number of anilines is 1. The van der Waals surface area contributed by atoms with E-state index in [9.17, 15) is 14.4 Å². The number of hydrogen-bond acceptors (Lipinski definition) is 5. The van der Waals surface area contributed by atoms with E-state index >= 15 is 0 Å². The van der Waals surface area contributed by atoms with Gasteiger partial charge in [0.1, 0.15) is 0 Å². The molecule has 3 N–H and O–H groups in total. The molecule has 2 aliphatic rings. The van der Waals surface area contributed by atoms with Gasteiger partial charge in [0.25, 0.3) is 5.91 Å². The van der Waals surface area contributed by atoms with E-state index in [1.807, 2.05) is 17.0 Å². The summed E-state index contributed by atoms with van der Waals surface area (Å²) in [6.07, 6.45) is 6.92. The SMILES string of the molecule is CCCN(CCCCN1CCNCCC1=O)C1CCc2ccc(NC(=O)NC(=O)c3ccccc3)cc2C1. The molecule has 1 atom stereocenters. The Balaban J connectivity index is 1.29. The fraction of sp³-hybridized carbons (Fsp3) is 0.500. The molecule has 4 rings (SSSR count). The Hall–Kier alpha value is -3.23. The molecule has 8 heteroatoms. The van der Waals surface area contributed by atoms with Gasteiger partial charge in [-0.15, -0.1) is 0 Å². The maximum absolute atomic E-state index is 12.4. The van der Waals surface area contributed by atoms with E-state index in [1.54, 1.807) is 24.3 Å². The van der Waals surface area contributed by atoms with Crippen LogP contribution >= 0.6 is 0 Å². The van der Waals surface area contributed by atoms with Gasteiger partial charge in [-0.3, -0.25) is 14.9 Å². The molecule has 2 aromatic rings. The first-order chi connectivity index (χ1) is 18.5. The summed E-state index contributed by atoms with van der Waals surface area (Å²) in [4.78, 5) is 41.6. The highest BCUT2D eigenvalue weighted by Crippen LogP contribution is 2.27. The number of nitrogens with zero attached hydrogens (tertiary/aromatic N) is 2. The molecule has 0 saturated carbocycles. The number of unbranched alkanes of at least 4 members (excludes halogenated alkanes) is 1. The predicted molar refractivity (Wildman–Crippen MR) is 150 cm³/mol. The number of carbonyl (C=O) groups is 3. The van der Waals surface area contributed by atoms with Crippen molar-refractivity contribution in [2.24, 2.45) is 0 Å². The van der Waals surface area contributed by atoms with Crippen LogP contribution in [0.3, 0.4) is 0 Å². The molecule has 204 valence electrons. The van der Waals surface area contributed by atoms with Gasteiger partial charge in [0, 0.05) is 49.9 Å². The molecule has 0 aromatic heterocycles. The van der Waals surface area contributed by atoms with Crippen molar-refractivity contribution < 1.29 is 14.4 Å². The van der Waals surface area contributed by atoms with Crippen molar-refractivity contribution in [2.75, 3.05) is 44.6 Å². The van der Waals surface area contributed by atoms with Gasteiger partial charge >= 0.3 is 6.03 Å². The lowest BCUT2D eigenvalue weighted by molar-refractivity contribution is -0.130. The summed E-state index contributed by atoms with van der Waals surface area (Å²) in [5, 5.41) is 8.52. The Morgan fingerprint density at radius 2 is 1.87 bits per heavy atom. The van der Waals surface area contributed by atoms with E-state index in [-0.39, 0.29) is 5.91 Å². The van der Waals surface area contributed by atoms with E-state index in [0.717, 1.165) is 77.8 Å². The number of imide groups is 1. The molecule has 0 spiro atoms. The second-order valence-electron chi connectivity index (χ2n) is 10.3. The average molecular weight is 520 g/mol. The Bertz CT molecular complexity index is 1090. The average Bonchev–Trinajstić information content (AvgIpc) is 3.14. The Labute approximate surface area is 226 Å². The molecular formula is C30H41N5O3. The summed E-state index contributed by atoms with van der Waals surface area (Å²) >= 11 is 0. The van der Waals surface area contributed by atoms with Crippen LogP contribution in [0.2, 0.25) is 0 Å². The Morgan fingerprint density at radius 1 is 1.03 bits per heavy atom. The molecule has 1 saturated heterocycles. The van der Waals surface area contributed by atoms with Gasteiger partial charge in [0.2, 0.25) is 5.91 Å². The van der Waals surface area contributed by atoms with E-state index in [1.165, 1.54) is 11.1 Å². The van der Waals surface area contributed by atoms with Crippen molar-refractivity contribution in [1.29, 1.82) is 0 Å². The Morgan fingerprint density at radius 3 is 2.68 bits per heavy atom. The van der Waals surface area contributed by atoms with E-state index in [0.29, 0.717) is 23.7 Å². The molecule has 2 aromatic carbocycles. The van der Waals surface area contributed by atoms with E-state index in [2.05, 4.69) is 39.9 Å². The third kappa shape index (κ3) is 7.88. The number of rotatable bonds is 10. The highest BCUT2D eigenvalue weighted by Gasteiger charge is 2.24. The van der Waals surface area contributed by atoms with E-state index in [4.69, 9.17) is 0 Å². The van der Waals surface area contributed by atoms with Crippen molar-refractivity contribution in [3.05, 3.63) is 65.2 Å². The van der Waals surface area contributed by atoms with Crippen molar-refractivity contribution in [2.45, 2.75) is 57.9 Å². The van der Waals surface area contributed by atoms with Crippen molar-refractivity contribution in [3.8, 4) is 0 Å². The molecule has 1 aliphatic heterocycles. The molecule has 4 amide bonds. The number of carbonyl (C=O) groups excluding carboxylic acids is 3. The normalized spacial score (nSPS) is 17.6. The van der Waals surface area contributed by atoms with Crippen LogP contribution in [0.25, 0.3) is 0 Å². The largest absolute Gasteiger partial charge is 0.341 e. The van der Waals surface area contributed by atoms with Gasteiger partial charge in [-0.05, 0) is 87.0 Å². The number of hydrogen-bond donors (Lipinski definition) is 3. The number of amides is 4. The van der Waals surface area contributed by atoms with Crippen molar-refractivity contribution >= 4 is 23.5 Å². The Kier molecular flexibility index (Phi) is 10.3. The zero-order valence-electron chi connectivity index (χ0n) is 22.5. The summed E-state index contributed by atoms with van der Waals surface area (Å²) in [5.41, 5.74) is 3.73. The molecule has 1 heterocycles. The molecule has 8 nitrogen and oxygen atoms in total. The van der Waals surface area contributed by atoms with E-state index < -0.39 is 11.9 Å². The first-order valence-electron chi connectivity index (χ1n) is 14.0. The second kappa shape index (κ2) is 14.1. The van der Waals surface area contributed by atoms with Crippen LogP contribution in [0.15, 0.2) is 48.5 Å². The fourth-order valence-electron chi connectivity index (χ4n) is 5.49. The monoisotopic (exact) mass is 519 g/mol. The van der Waals surface area contributed by atoms with Gasteiger partial charge < -0.3 is 20.4 Å². The second-order valence-corrected chi connectivity index (χ2v) is 10.3. The molecule has 1 aliphatic carbocycles. The summed E-state index contributed by atoms with van der Waals surface area (Å²) in [7, 11) is 0. The summed E-state index contributed by atoms with van der Waals surface area (Å²) in [6.45, 7) is 7.66. The van der Waals surface area contributed by atoms with Crippen LogP contribution in [0.4, 0.5) is 10.5 Å². The number of urea groups is 1. The molecular weight excluding hydrogens is 478 g/mol. The fourth-order valence-corrected chi connectivity index (χ4v) is 5.49. The van der Waals surface area contributed by atoms with Crippen molar-refractivity contribution in [3.63, 3.8) is 0 Å². The van der Waals surface area contributed by atoms with Crippen LogP contribution < -0.4 is 16.0 Å². The molecule has 0 radical (unpaired) electrons. The number of benzene rings is 2. The third-order valence-corrected chi connectivity index (χ3v) is 7.51. The van der Waals surface area contributed by atoms with Crippen LogP contribution in [0, 0.1) is 0 Å².